The third kappa shape index (κ3) is 3.19. The Morgan fingerprint density at radius 3 is 2.71 bits per heavy atom. The van der Waals surface area contributed by atoms with Gasteiger partial charge in [0.15, 0.2) is 5.75 Å². The first-order chi connectivity index (χ1) is 11.4. The largest absolute Gasteiger partial charge is 0.416 e. The van der Waals surface area contributed by atoms with Gasteiger partial charge >= 0.3 is 6.18 Å². The highest BCUT2D eigenvalue weighted by atomic mass is 19.4. The highest BCUT2D eigenvalue weighted by Crippen LogP contribution is 2.31. The fourth-order valence-corrected chi connectivity index (χ4v) is 2.77. The predicted molar refractivity (Wildman–Crippen MR) is 76.9 cm³/mol. The van der Waals surface area contributed by atoms with E-state index < -0.39 is 17.7 Å². The summed E-state index contributed by atoms with van der Waals surface area (Å²) in [6.07, 6.45) is -2.19. The number of carbonyl (C=O) groups excluding carboxylic acids is 1. The van der Waals surface area contributed by atoms with Crippen molar-refractivity contribution in [3.8, 4) is 5.75 Å². The van der Waals surface area contributed by atoms with Crippen molar-refractivity contribution < 1.29 is 22.8 Å². The maximum absolute atomic E-state index is 12.5. The molecule has 0 spiro atoms. The summed E-state index contributed by atoms with van der Waals surface area (Å²) < 4.78 is 39.1. The molecule has 0 radical (unpaired) electrons. The van der Waals surface area contributed by atoms with Gasteiger partial charge in [-0.25, -0.2) is 0 Å². The monoisotopic (exact) mass is 340 g/mol. The van der Waals surface area contributed by atoms with E-state index in [-0.39, 0.29) is 11.7 Å². The summed E-state index contributed by atoms with van der Waals surface area (Å²) in [6, 6.07) is 4.10. The highest BCUT2D eigenvalue weighted by Gasteiger charge is 2.32. The Balaban J connectivity index is 1.65. The molecule has 1 amide bonds. The molecule has 9 heteroatoms. The van der Waals surface area contributed by atoms with Crippen molar-refractivity contribution in [1.82, 2.24) is 20.5 Å². The number of halogens is 3. The van der Waals surface area contributed by atoms with Gasteiger partial charge in [-0.15, -0.1) is 5.10 Å². The number of hydrogen-bond acceptors (Lipinski definition) is 4. The Kier molecular flexibility index (Phi) is 4.16. The molecule has 0 saturated carbocycles. The Morgan fingerprint density at radius 1 is 1.33 bits per heavy atom. The SMILES string of the molecule is Cn1nnc2c1C(C(=O)NOc1ccc(C(F)(F)F)cc1)CCC2. The number of benzene rings is 1. The van der Waals surface area contributed by atoms with Gasteiger partial charge in [-0.05, 0) is 43.5 Å². The predicted octanol–water partition coefficient (Wildman–Crippen LogP) is 2.36. The first kappa shape index (κ1) is 16.3. The van der Waals surface area contributed by atoms with Gasteiger partial charge in [0.25, 0.3) is 5.91 Å². The number of hydroxylamine groups is 1. The lowest BCUT2D eigenvalue weighted by Crippen LogP contribution is -2.34. The number of fused-ring (bicyclic) bond motifs is 1. The van der Waals surface area contributed by atoms with E-state index in [9.17, 15) is 18.0 Å². The third-order valence-corrected chi connectivity index (χ3v) is 3.95. The summed E-state index contributed by atoms with van der Waals surface area (Å²) in [5.74, 6) is -0.694. The number of alkyl halides is 3. The molecule has 1 aliphatic rings. The zero-order valence-electron chi connectivity index (χ0n) is 12.8. The van der Waals surface area contributed by atoms with E-state index >= 15 is 0 Å². The molecule has 128 valence electrons. The second-order valence-electron chi connectivity index (χ2n) is 5.58. The Labute approximate surface area is 135 Å². The van der Waals surface area contributed by atoms with Crippen molar-refractivity contribution in [2.24, 2.45) is 7.05 Å². The quantitative estimate of drug-likeness (QED) is 0.871. The van der Waals surface area contributed by atoms with Crippen LogP contribution in [0.5, 0.6) is 5.75 Å². The molecular weight excluding hydrogens is 325 g/mol. The molecule has 1 aromatic heterocycles. The molecule has 6 nitrogen and oxygen atoms in total. The van der Waals surface area contributed by atoms with Crippen molar-refractivity contribution in [3.63, 3.8) is 0 Å². The van der Waals surface area contributed by atoms with Gasteiger partial charge in [-0.1, -0.05) is 5.21 Å². The fourth-order valence-electron chi connectivity index (χ4n) is 2.77. The average Bonchev–Trinajstić information content (AvgIpc) is 2.94. The maximum Gasteiger partial charge on any atom is 0.416 e. The molecule has 1 atom stereocenters. The Hall–Kier alpha value is -2.58. The normalized spacial score (nSPS) is 17.2. The molecule has 2 aromatic rings. The van der Waals surface area contributed by atoms with Crippen LogP contribution in [-0.2, 0) is 24.4 Å². The van der Waals surface area contributed by atoms with Crippen molar-refractivity contribution in [3.05, 3.63) is 41.2 Å². The van der Waals surface area contributed by atoms with E-state index in [1.807, 2.05) is 0 Å². The van der Waals surface area contributed by atoms with Gasteiger partial charge in [0, 0.05) is 7.05 Å². The van der Waals surface area contributed by atoms with Crippen LogP contribution in [0.15, 0.2) is 24.3 Å². The van der Waals surface area contributed by atoms with Gasteiger partial charge in [-0.2, -0.15) is 18.7 Å². The number of carbonyl (C=O) groups is 1. The summed E-state index contributed by atoms with van der Waals surface area (Å²) >= 11 is 0. The van der Waals surface area contributed by atoms with E-state index in [1.54, 1.807) is 11.7 Å². The number of nitrogens with zero attached hydrogens (tertiary/aromatic N) is 3. The third-order valence-electron chi connectivity index (χ3n) is 3.95. The van der Waals surface area contributed by atoms with E-state index in [1.165, 1.54) is 0 Å². The standard InChI is InChI=1S/C15H15F3N4O2/c1-22-13-11(3-2-4-12(13)19-21-22)14(23)20-24-10-7-5-9(6-8-10)15(16,17)18/h5-8,11H,2-4H2,1H3,(H,20,23). The van der Waals surface area contributed by atoms with Crippen LogP contribution in [0.3, 0.4) is 0 Å². The van der Waals surface area contributed by atoms with Crippen LogP contribution in [0.25, 0.3) is 0 Å². The summed E-state index contributed by atoms with van der Waals surface area (Å²) in [5, 5.41) is 7.95. The fraction of sp³-hybridized carbons (Fsp3) is 0.400. The minimum Gasteiger partial charge on any atom is -0.380 e. The first-order valence-electron chi connectivity index (χ1n) is 7.38. The summed E-state index contributed by atoms with van der Waals surface area (Å²) in [7, 11) is 1.72. The second kappa shape index (κ2) is 6.14. The van der Waals surface area contributed by atoms with Crippen LogP contribution in [-0.4, -0.2) is 20.9 Å². The van der Waals surface area contributed by atoms with Gasteiger partial charge < -0.3 is 4.84 Å². The molecular formula is C15H15F3N4O2. The number of amides is 1. The lowest BCUT2D eigenvalue weighted by molar-refractivity contribution is -0.137. The van der Waals surface area contributed by atoms with Crippen LogP contribution in [0.2, 0.25) is 0 Å². The zero-order chi connectivity index (χ0) is 17.3. The van der Waals surface area contributed by atoms with E-state index in [2.05, 4.69) is 15.8 Å². The Morgan fingerprint density at radius 2 is 2.04 bits per heavy atom. The minimum atomic E-state index is -4.41. The van der Waals surface area contributed by atoms with E-state index in [4.69, 9.17) is 4.84 Å². The summed E-state index contributed by atoms with van der Waals surface area (Å²) in [5.41, 5.74) is 3.05. The molecule has 0 fully saturated rings. The van der Waals surface area contributed by atoms with Gasteiger partial charge in [-0.3, -0.25) is 9.48 Å². The minimum absolute atomic E-state index is 0.121. The number of aromatic nitrogens is 3. The number of aryl methyl sites for hydroxylation is 2. The molecule has 1 unspecified atom stereocenters. The van der Waals surface area contributed by atoms with Crippen LogP contribution in [0.1, 0.15) is 35.7 Å². The Bertz CT molecular complexity index is 740. The molecule has 0 saturated heterocycles. The second-order valence-corrected chi connectivity index (χ2v) is 5.58. The van der Waals surface area contributed by atoms with Crippen LogP contribution in [0, 0.1) is 0 Å². The van der Waals surface area contributed by atoms with Crippen molar-refractivity contribution in [2.75, 3.05) is 0 Å². The summed E-state index contributed by atoms with van der Waals surface area (Å²) in [4.78, 5) is 17.4. The lowest BCUT2D eigenvalue weighted by atomic mass is 9.89. The van der Waals surface area contributed by atoms with Crippen LogP contribution in [0.4, 0.5) is 13.2 Å². The number of hydrogen-bond donors (Lipinski definition) is 1. The molecule has 1 aromatic carbocycles. The van der Waals surface area contributed by atoms with E-state index in [0.29, 0.717) is 6.42 Å². The first-order valence-corrected chi connectivity index (χ1v) is 7.38. The van der Waals surface area contributed by atoms with Crippen molar-refractivity contribution in [2.45, 2.75) is 31.4 Å². The molecule has 1 aliphatic carbocycles. The highest BCUT2D eigenvalue weighted by molar-refractivity contribution is 5.83. The topological polar surface area (TPSA) is 69.0 Å². The smallest absolute Gasteiger partial charge is 0.380 e. The maximum atomic E-state index is 12.5. The molecule has 0 bridgehead atoms. The molecule has 3 rings (SSSR count). The van der Waals surface area contributed by atoms with Crippen LogP contribution < -0.4 is 10.3 Å². The number of rotatable bonds is 3. The lowest BCUT2D eigenvalue weighted by Gasteiger charge is -2.21. The van der Waals surface area contributed by atoms with Crippen molar-refractivity contribution in [1.29, 1.82) is 0 Å². The van der Waals surface area contributed by atoms with Crippen molar-refractivity contribution >= 4 is 5.91 Å². The average molecular weight is 340 g/mol. The van der Waals surface area contributed by atoms with Crippen LogP contribution >= 0.6 is 0 Å². The van der Waals surface area contributed by atoms with Gasteiger partial charge in [0.2, 0.25) is 0 Å². The number of nitrogens with one attached hydrogen (secondary N) is 1. The van der Waals surface area contributed by atoms with E-state index in [0.717, 1.165) is 48.5 Å². The molecule has 0 aliphatic heterocycles. The molecule has 1 heterocycles. The van der Waals surface area contributed by atoms with Gasteiger partial charge in [0.1, 0.15) is 0 Å². The molecule has 24 heavy (non-hydrogen) atoms. The summed E-state index contributed by atoms with van der Waals surface area (Å²) in [6.45, 7) is 0. The molecule has 1 N–H and O–H groups in total. The zero-order valence-corrected chi connectivity index (χ0v) is 12.8. The van der Waals surface area contributed by atoms with Gasteiger partial charge in [0.05, 0.1) is 22.9 Å².